The maximum absolute atomic E-state index is 4.31. The molecule has 0 unspecified atom stereocenters. The summed E-state index contributed by atoms with van der Waals surface area (Å²) in [5.74, 6) is 0.897. The molecule has 0 saturated heterocycles. The SMILES string of the molecule is CNc1nc(Sc2ncn[nH]2)nc(-n2cccn2)n1. The molecule has 3 aromatic heterocycles. The molecule has 3 rings (SSSR count). The minimum atomic E-state index is 0.436. The predicted octanol–water partition coefficient (Wildman–Crippen LogP) is 0.368. The van der Waals surface area contributed by atoms with E-state index in [4.69, 9.17) is 0 Å². The minimum absolute atomic E-state index is 0.436. The number of rotatable bonds is 4. The summed E-state index contributed by atoms with van der Waals surface area (Å²) in [5, 5.41) is 14.6. The number of aromatic amines is 1. The first-order valence-corrected chi connectivity index (χ1v) is 6.14. The molecule has 3 aromatic rings. The molecule has 96 valence electrons. The van der Waals surface area contributed by atoms with Crippen molar-refractivity contribution in [2.75, 3.05) is 12.4 Å². The lowest BCUT2D eigenvalue weighted by Gasteiger charge is -2.04. The Morgan fingerprint density at radius 1 is 1.32 bits per heavy atom. The van der Waals surface area contributed by atoms with Gasteiger partial charge in [-0.2, -0.15) is 25.1 Å². The van der Waals surface area contributed by atoms with Crippen molar-refractivity contribution in [3.63, 3.8) is 0 Å². The van der Waals surface area contributed by atoms with Gasteiger partial charge in [0.15, 0.2) is 5.16 Å². The van der Waals surface area contributed by atoms with Gasteiger partial charge in [-0.15, -0.1) is 0 Å². The molecule has 0 saturated carbocycles. The molecule has 3 heterocycles. The molecule has 0 atom stereocenters. The molecule has 0 aromatic carbocycles. The van der Waals surface area contributed by atoms with Crippen LogP contribution < -0.4 is 5.32 Å². The van der Waals surface area contributed by atoms with Crippen molar-refractivity contribution in [1.29, 1.82) is 0 Å². The normalized spacial score (nSPS) is 10.6. The predicted molar refractivity (Wildman–Crippen MR) is 67.0 cm³/mol. The molecule has 0 spiro atoms. The van der Waals surface area contributed by atoms with E-state index in [9.17, 15) is 0 Å². The zero-order valence-electron chi connectivity index (χ0n) is 9.85. The van der Waals surface area contributed by atoms with Crippen LogP contribution in [0.15, 0.2) is 35.1 Å². The van der Waals surface area contributed by atoms with Crippen molar-refractivity contribution >= 4 is 17.7 Å². The van der Waals surface area contributed by atoms with Gasteiger partial charge in [-0.05, 0) is 17.8 Å². The molecule has 10 heteroatoms. The van der Waals surface area contributed by atoms with Gasteiger partial charge in [0.05, 0.1) is 0 Å². The smallest absolute Gasteiger partial charge is 0.256 e. The Morgan fingerprint density at radius 3 is 2.95 bits per heavy atom. The third kappa shape index (κ3) is 2.52. The summed E-state index contributed by atoms with van der Waals surface area (Å²) in [5.41, 5.74) is 0. The van der Waals surface area contributed by atoms with E-state index >= 15 is 0 Å². The van der Waals surface area contributed by atoms with Crippen molar-refractivity contribution in [2.24, 2.45) is 0 Å². The molecule has 0 aliphatic rings. The summed E-state index contributed by atoms with van der Waals surface area (Å²) in [6, 6.07) is 1.80. The van der Waals surface area contributed by atoms with E-state index in [1.807, 2.05) is 0 Å². The van der Waals surface area contributed by atoms with Crippen LogP contribution in [0.1, 0.15) is 0 Å². The number of aromatic nitrogens is 8. The van der Waals surface area contributed by atoms with Crippen molar-refractivity contribution in [3.8, 4) is 5.95 Å². The topological polar surface area (TPSA) is 110 Å². The van der Waals surface area contributed by atoms with E-state index in [0.717, 1.165) is 0 Å². The van der Waals surface area contributed by atoms with Crippen LogP contribution in [0, 0.1) is 0 Å². The maximum atomic E-state index is 4.31. The molecule has 19 heavy (non-hydrogen) atoms. The molecule has 2 N–H and O–H groups in total. The molecular weight excluding hydrogens is 266 g/mol. The van der Waals surface area contributed by atoms with Crippen LogP contribution in [0.3, 0.4) is 0 Å². The largest absolute Gasteiger partial charge is 0.357 e. The quantitative estimate of drug-likeness (QED) is 0.702. The summed E-state index contributed by atoms with van der Waals surface area (Å²) in [4.78, 5) is 16.8. The molecule has 0 aliphatic carbocycles. The van der Waals surface area contributed by atoms with Gasteiger partial charge < -0.3 is 5.32 Å². The Balaban J connectivity index is 1.98. The van der Waals surface area contributed by atoms with Gasteiger partial charge in [0.2, 0.25) is 11.1 Å². The fourth-order valence-electron chi connectivity index (χ4n) is 1.32. The van der Waals surface area contributed by atoms with Crippen LogP contribution >= 0.6 is 11.8 Å². The number of nitrogens with one attached hydrogen (secondary N) is 2. The second kappa shape index (κ2) is 5.02. The number of nitrogens with zero attached hydrogens (tertiary/aromatic N) is 7. The Morgan fingerprint density at radius 2 is 2.26 bits per heavy atom. The summed E-state index contributed by atoms with van der Waals surface area (Å²) >= 11 is 1.26. The lowest BCUT2D eigenvalue weighted by atomic mass is 10.7. The second-order valence-electron chi connectivity index (χ2n) is 3.33. The van der Waals surface area contributed by atoms with Crippen LogP contribution in [-0.2, 0) is 0 Å². The average molecular weight is 275 g/mol. The Labute approximate surface area is 111 Å². The Kier molecular flexibility index (Phi) is 3.06. The maximum Gasteiger partial charge on any atom is 0.256 e. The zero-order chi connectivity index (χ0) is 13.1. The van der Waals surface area contributed by atoms with E-state index in [0.29, 0.717) is 22.2 Å². The third-order valence-electron chi connectivity index (χ3n) is 2.12. The third-order valence-corrected chi connectivity index (χ3v) is 2.87. The highest BCUT2D eigenvalue weighted by Crippen LogP contribution is 2.21. The van der Waals surface area contributed by atoms with Gasteiger partial charge in [-0.25, -0.2) is 9.67 Å². The minimum Gasteiger partial charge on any atom is -0.357 e. The molecular formula is C9H9N9S. The summed E-state index contributed by atoms with van der Waals surface area (Å²) in [6.07, 6.45) is 4.85. The van der Waals surface area contributed by atoms with Crippen molar-refractivity contribution < 1.29 is 0 Å². The first kappa shape index (κ1) is 11.6. The highest BCUT2D eigenvalue weighted by molar-refractivity contribution is 7.99. The van der Waals surface area contributed by atoms with Gasteiger partial charge in [0.25, 0.3) is 5.95 Å². The van der Waals surface area contributed by atoms with E-state index in [1.54, 1.807) is 30.2 Å². The summed E-state index contributed by atoms with van der Waals surface area (Å²) < 4.78 is 1.56. The molecule has 9 nitrogen and oxygen atoms in total. The number of anilines is 1. The van der Waals surface area contributed by atoms with Crippen molar-refractivity contribution in [2.45, 2.75) is 10.3 Å². The van der Waals surface area contributed by atoms with Crippen LogP contribution in [0.4, 0.5) is 5.95 Å². The second-order valence-corrected chi connectivity index (χ2v) is 4.29. The van der Waals surface area contributed by atoms with Crippen LogP contribution in [0.5, 0.6) is 0 Å². The van der Waals surface area contributed by atoms with E-state index < -0.39 is 0 Å². The Hall–Kier alpha value is -2.49. The summed E-state index contributed by atoms with van der Waals surface area (Å²) in [6.45, 7) is 0. The molecule has 0 amide bonds. The summed E-state index contributed by atoms with van der Waals surface area (Å²) in [7, 11) is 1.74. The highest BCUT2D eigenvalue weighted by Gasteiger charge is 2.10. The lowest BCUT2D eigenvalue weighted by Crippen LogP contribution is -2.07. The van der Waals surface area contributed by atoms with E-state index in [2.05, 4.69) is 40.5 Å². The van der Waals surface area contributed by atoms with Crippen LogP contribution in [0.25, 0.3) is 5.95 Å². The Bertz CT molecular complexity index is 648. The van der Waals surface area contributed by atoms with Crippen molar-refractivity contribution in [3.05, 3.63) is 24.8 Å². The average Bonchev–Trinajstić information content (AvgIpc) is 3.11. The van der Waals surface area contributed by atoms with Gasteiger partial charge in [-0.3, -0.25) is 5.10 Å². The van der Waals surface area contributed by atoms with Gasteiger partial charge in [-0.1, -0.05) is 0 Å². The van der Waals surface area contributed by atoms with Gasteiger partial charge in [0, 0.05) is 19.4 Å². The standard InChI is InChI=1S/C9H9N9S/c1-10-6-14-7(18-4-2-3-13-18)16-9(15-6)19-8-11-5-12-17-8/h2-5H,1H3,(H,11,12,17)(H,10,14,15,16). The number of hydrogen-bond donors (Lipinski definition) is 2. The van der Waals surface area contributed by atoms with Crippen LogP contribution in [-0.4, -0.2) is 47.0 Å². The monoisotopic (exact) mass is 275 g/mol. The lowest BCUT2D eigenvalue weighted by molar-refractivity contribution is 0.761. The molecule has 0 radical (unpaired) electrons. The zero-order valence-corrected chi connectivity index (χ0v) is 10.7. The first-order valence-electron chi connectivity index (χ1n) is 5.32. The molecule has 0 fully saturated rings. The fourth-order valence-corrected chi connectivity index (χ4v) is 1.95. The molecule has 0 bridgehead atoms. The molecule has 0 aliphatic heterocycles. The number of hydrogen-bond acceptors (Lipinski definition) is 8. The van der Waals surface area contributed by atoms with E-state index in [-0.39, 0.29) is 0 Å². The van der Waals surface area contributed by atoms with Gasteiger partial charge in [0.1, 0.15) is 6.33 Å². The highest BCUT2D eigenvalue weighted by atomic mass is 32.2. The first-order chi connectivity index (χ1) is 9.35. The van der Waals surface area contributed by atoms with Gasteiger partial charge >= 0.3 is 0 Å². The van der Waals surface area contributed by atoms with Crippen molar-refractivity contribution in [1.82, 2.24) is 39.9 Å². The number of H-pyrrole nitrogens is 1. The van der Waals surface area contributed by atoms with Crippen LogP contribution in [0.2, 0.25) is 0 Å². The van der Waals surface area contributed by atoms with E-state index in [1.165, 1.54) is 18.1 Å². The fraction of sp³-hybridized carbons (Fsp3) is 0.111.